The van der Waals surface area contributed by atoms with Gasteiger partial charge < -0.3 is 14.2 Å². The number of benzene rings is 3. The number of aliphatic imine (C=N–C) groups is 1. The average Bonchev–Trinajstić information content (AvgIpc) is 3.34. The van der Waals surface area contributed by atoms with Gasteiger partial charge in [-0.3, -0.25) is 10.2 Å². The lowest BCUT2D eigenvalue weighted by atomic mass is 10.1. The van der Waals surface area contributed by atoms with Gasteiger partial charge in [0.05, 0.1) is 22.7 Å². The lowest BCUT2D eigenvalue weighted by molar-refractivity contribution is -0.114. The van der Waals surface area contributed by atoms with Crippen molar-refractivity contribution < 1.29 is 19.0 Å². The van der Waals surface area contributed by atoms with Crippen molar-refractivity contribution in [2.45, 2.75) is 6.92 Å². The molecule has 8 nitrogen and oxygen atoms in total. The predicted molar refractivity (Wildman–Crippen MR) is 156 cm³/mol. The van der Waals surface area contributed by atoms with Gasteiger partial charge in [0.2, 0.25) is 5.17 Å². The number of rotatable bonds is 8. The molecular formula is C28H22Cl2N4O4S. The Kier molecular flexibility index (Phi) is 7.92. The molecule has 11 heteroatoms. The molecule has 2 aliphatic heterocycles. The summed E-state index contributed by atoms with van der Waals surface area (Å²) in [5.74, 6) is 0.805. The maximum absolute atomic E-state index is 12.9. The van der Waals surface area contributed by atoms with Gasteiger partial charge in [0.1, 0.15) is 24.0 Å². The molecule has 0 unspecified atom stereocenters. The summed E-state index contributed by atoms with van der Waals surface area (Å²) in [5, 5.41) is 16.1. The quantitative estimate of drug-likeness (QED) is 0.243. The molecule has 0 radical (unpaired) electrons. The number of thioether (sulfide) groups is 1. The highest BCUT2D eigenvalue weighted by molar-refractivity contribution is 8.27. The van der Waals surface area contributed by atoms with E-state index in [1.165, 1.54) is 30.0 Å². The van der Waals surface area contributed by atoms with Crippen molar-refractivity contribution in [1.29, 1.82) is 5.41 Å². The number of hydrogen-bond donors (Lipinski definition) is 1. The number of nitrogens with one attached hydrogen (secondary N) is 1. The van der Waals surface area contributed by atoms with Gasteiger partial charge in [-0.15, -0.1) is 0 Å². The van der Waals surface area contributed by atoms with Gasteiger partial charge in [-0.25, -0.2) is 0 Å². The lowest BCUT2D eigenvalue weighted by Crippen LogP contribution is -2.35. The first-order chi connectivity index (χ1) is 18.8. The SMILES string of the molecule is COc1cc(/C=C2/C(=N)N3N=C(c4ccccc4Cl)SC3=NC2=O)cc(Cl)c1OCCOc1ccc(C)cc1. The number of methoxy groups -OCH3 is 1. The second kappa shape index (κ2) is 11.5. The van der Waals surface area contributed by atoms with E-state index in [9.17, 15) is 4.79 Å². The molecule has 39 heavy (non-hydrogen) atoms. The first-order valence-electron chi connectivity index (χ1n) is 11.8. The van der Waals surface area contributed by atoms with Crippen LogP contribution in [0.15, 0.2) is 76.3 Å². The van der Waals surface area contributed by atoms with Gasteiger partial charge in [0, 0.05) is 5.56 Å². The van der Waals surface area contributed by atoms with Crippen molar-refractivity contribution >= 4 is 63.0 Å². The van der Waals surface area contributed by atoms with Gasteiger partial charge in [-0.05, 0) is 60.7 Å². The maximum Gasteiger partial charge on any atom is 0.283 e. The van der Waals surface area contributed by atoms with E-state index in [1.54, 1.807) is 18.2 Å². The summed E-state index contributed by atoms with van der Waals surface area (Å²) in [5.41, 5.74) is 2.44. The predicted octanol–water partition coefficient (Wildman–Crippen LogP) is 6.44. The number of ether oxygens (including phenoxy) is 3. The van der Waals surface area contributed by atoms with E-state index in [-0.39, 0.29) is 23.0 Å². The van der Waals surface area contributed by atoms with Crippen LogP contribution in [0.3, 0.4) is 0 Å². The van der Waals surface area contributed by atoms with Crippen LogP contribution in [-0.2, 0) is 4.79 Å². The van der Waals surface area contributed by atoms with E-state index in [4.69, 9.17) is 42.8 Å². The first kappa shape index (κ1) is 26.8. The number of amides is 1. The number of halogens is 2. The molecule has 3 aromatic rings. The monoisotopic (exact) mass is 580 g/mol. The summed E-state index contributed by atoms with van der Waals surface area (Å²) in [6.45, 7) is 2.56. The first-order valence-corrected chi connectivity index (χ1v) is 13.4. The Labute approximate surface area is 239 Å². The molecule has 3 aromatic carbocycles. The molecule has 0 saturated heterocycles. The second-order valence-corrected chi connectivity index (χ2v) is 10.2. The average molecular weight is 581 g/mol. The molecule has 0 fully saturated rings. The number of nitrogens with zero attached hydrogens (tertiary/aromatic N) is 3. The normalized spacial score (nSPS) is 15.7. The Morgan fingerprint density at radius 1 is 1.03 bits per heavy atom. The summed E-state index contributed by atoms with van der Waals surface area (Å²) >= 11 is 14.0. The minimum atomic E-state index is -0.557. The number of aryl methyl sites for hydroxylation is 1. The zero-order valence-corrected chi connectivity index (χ0v) is 23.2. The maximum atomic E-state index is 12.9. The van der Waals surface area contributed by atoms with Crippen LogP contribution in [0.2, 0.25) is 10.0 Å². The van der Waals surface area contributed by atoms with Crippen molar-refractivity contribution in [1.82, 2.24) is 5.01 Å². The third-order valence-corrected chi connectivity index (χ3v) is 7.29. The zero-order chi connectivity index (χ0) is 27.5. The molecule has 5 rings (SSSR count). The van der Waals surface area contributed by atoms with Crippen LogP contribution < -0.4 is 14.2 Å². The second-order valence-electron chi connectivity index (χ2n) is 8.45. The molecule has 2 heterocycles. The van der Waals surface area contributed by atoms with E-state index in [0.717, 1.165) is 11.3 Å². The number of amidine groups is 2. The minimum Gasteiger partial charge on any atom is -0.493 e. The fourth-order valence-electron chi connectivity index (χ4n) is 3.80. The highest BCUT2D eigenvalue weighted by atomic mass is 35.5. The summed E-state index contributed by atoms with van der Waals surface area (Å²) in [4.78, 5) is 17.0. The molecule has 0 saturated carbocycles. The van der Waals surface area contributed by atoms with Crippen LogP contribution in [0.5, 0.6) is 17.2 Å². The smallest absolute Gasteiger partial charge is 0.283 e. The highest BCUT2D eigenvalue weighted by Gasteiger charge is 2.36. The van der Waals surface area contributed by atoms with Crippen LogP contribution in [0, 0.1) is 12.3 Å². The van der Waals surface area contributed by atoms with Crippen LogP contribution in [0.25, 0.3) is 6.08 Å². The van der Waals surface area contributed by atoms with Crippen molar-refractivity contribution in [3.63, 3.8) is 0 Å². The molecule has 1 amide bonds. The van der Waals surface area contributed by atoms with Gasteiger partial charge in [0.15, 0.2) is 17.3 Å². The Balaban J connectivity index is 1.33. The van der Waals surface area contributed by atoms with Gasteiger partial charge in [-0.2, -0.15) is 15.1 Å². The molecule has 0 aromatic heterocycles. The topological polar surface area (TPSA) is 96.6 Å². The number of carbonyl (C=O) groups is 1. The highest BCUT2D eigenvalue weighted by Crippen LogP contribution is 2.38. The molecule has 2 aliphatic rings. The van der Waals surface area contributed by atoms with Crippen LogP contribution >= 0.6 is 35.0 Å². The molecule has 0 aliphatic carbocycles. The standard InChI is InChI=1S/C28H22Cl2N4O4S/c1-16-7-9-18(10-8-16)37-11-12-38-24-22(30)14-17(15-23(24)36-2)13-20-25(31)34-28(32-26(20)35)39-27(33-34)19-5-3-4-6-21(19)29/h3-10,13-15,31H,11-12H2,1-2H3/b20-13-,31-25?. The fourth-order valence-corrected chi connectivity index (χ4v) is 5.29. The summed E-state index contributed by atoms with van der Waals surface area (Å²) in [6, 6.07) is 18.3. The van der Waals surface area contributed by atoms with Crippen LogP contribution in [0.4, 0.5) is 0 Å². The number of hydrogen-bond acceptors (Lipinski definition) is 7. The lowest BCUT2D eigenvalue weighted by Gasteiger charge is -2.20. The Morgan fingerprint density at radius 3 is 2.51 bits per heavy atom. The molecular weight excluding hydrogens is 559 g/mol. The van der Waals surface area contributed by atoms with Gasteiger partial charge in [-0.1, -0.05) is 59.1 Å². The van der Waals surface area contributed by atoms with E-state index in [0.29, 0.717) is 44.5 Å². The molecule has 0 spiro atoms. The Morgan fingerprint density at radius 2 is 1.77 bits per heavy atom. The Bertz CT molecular complexity index is 1550. The van der Waals surface area contributed by atoms with Crippen molar-refractivity contribution in [3.8, 4) is 17.2 Å². The van der Waals surface area contributed by atoms with Crippen molar-refractivity contribution in [2.24, 2.45) is 10.1 Å². The van der Waals surface area contributed by atoms with Crippen molar-refractivity contribution in [2.75, 3.05) is 20.3 Å². The van der Waals surface area contributed by atoms with Gasteiger partial charge in [0.25, 0.3) is 5.91 Å². The number of fused-ring (bicyclic) bond motifs is 1. The molecule has 1 N–H and O–H groups in total. The minimum absolute atomic E-state index is 0.0572. The Hall–Kier alpha value is -3.79. The molecule has 198 valence electrons. The summed E-state index contributed by atoms with van der Waals surface area (Å²) < 4.78 is 17.0. The van der Waals surface area contributed by atoms with Crippen LogP contribution in [0.1, 0.15) is 16.7 Å². The van der Waals surface area contributed by atoms with Crippen molar-refractivity contribution in [3.05, 3.63) is 93.0 Å². The summed E-state index contributed by atoms with van der Waals surface area (Å²) in [7, 11) is 1.50. The van der Waals surface area contributed by atoms with E-state index < -0.39 is 5.91 Å². The molecule has 0 atom stereocenters. The largest absolute Gasteiger partial charge is 0.493 e. The number of hydrazone groups is 1. The van der Waals surface area contributed by atoms with Gasteiger partial charge >= 0.3 is 0 Å². The third-order valence-electron chi connectivity index (χ3n) is 5.74. The van der Waals surface area contributed by atoms with E-state index in [1.807, 2.05) is 49.4 Å². The summed E-state index contributed by atoms with van der Waals surface area (Å²) in [6.07, 6.45) is 1.53. The zero-order valence-electron chi connectivity index (χ0n) is 20.9. The van der Waals surface area contributed by atoms with Crippen LogP contribution in [-0.4, -0.2) is 47.3 Å². The third kappa shape index (κ3) is 5.80. The molecule has 0 bridgehead atoms. The number of carbonyl (C=O) groups excluding carboxylic acids is 1. The fraction of sp³-hybridized carbons (Fsp3) is 0.143. The van der Waals surface area contributed by atoms with E-state index >= 15 is 0 Å². The van der Waals surface area contributed by atoms with E-state index in [2.05, 4.69) is 10.1 Å².